The second-order valence-corrected chi connectivity index (χ2v) is 17.3. The third-order valence-electron chi connectivity index (χ3n) is 14.1. The van der Waals surface area contributed by atoms with Gasteiger partial charge in [0, 0.05) is 39.3 Å². The van der Waals surface area contributed by atoms with E-state index in [2.05, 4.69) is 235 Å². The van der Waals surface area contributed by atoms with Gasteiger partial charge in [-0.15, -0.1) is 0 Å². The quantitative estimate of drug-likeness (QED) is 0.164. The molecule has 2 aliphatic carbocycles. The van der Waals surface area contributed by atoms with E-state index in [0.29, 0.717) is 0 Å². The molecule has 0 radical (unpaired) electrons. The summed E-state index contributed by atoms with van der Waals surface area (Å²) in [5, 5.41) is 0. The zero-order chi connectivity index (χ0) is 40.9. The Morgan fingerprint density at radius 3 is 1.56 bits per heavy atom. The van der Waals surface area contributed by atoms with Crippen LogP contribution in [0.3, 0.4) is 0 Å². The van der Waals surface area contributed by atoms with Crippen molar-refractivity contribution in [3.8, 4) is 44.5 Å². The van der Waals surface area contributed by atoms with Crippen molar-refractivity contribution in [1.82, 2.24) is 0 Å². The van der Waals surface area contributed by atoms with Gasteiger partial charge < -0.3 is 9.62 Å². The maximum Gasteiger partial charge on any atom is 0.421 e. The molecular weight excluding hydrogens is 747 g/mol. The molecule has 0 atom stereocenters. The van der Waals surface area contributed by atoms with Gasteiger partial charge in [0.2, 0.25) is 0 Å². The number of hydrogen-bond donors (Lipinski definition) is 0. The summed E-state index contributed by atoms with van der Waals surface area (Å²) in [6, 6.07) is 79.2. The first kappa shape index (κ1) is 35.2. The lowest BCUT2D eigenvalue weighted by Crippen LogP contribution is -2.61. The average molecular weight is 789 g/mol. The standard InChI is InChI=1S/C59H41BN2/c1-59(54-29-14-12-25-48(54)49-26-13-15-30-55(49)59)42-32-34-57-53(38-42)51-28-16-27-50-52-36-39(35-41-37-40-17-8-9-22-45(40)47-24-11-10-23-46(41)47)31-33-56(52)61(43-18-4-2-5-19-43)60(58(50)51)62(57)44-20-6-3-7-21-44/h2-36,38H,37H2,1H3/b41-35-. The predicted octanol–water partition coefficient (Wildman–Crippen LogP) is 14.1. The molecule has 0 fully saturated rings. The summed E-state index contributed by atoms with van der Waals surface area (Å²) in [5.41, 5.74) is 25.4. The van der Waals surface area contributed by atoms with E-state index in [1.807, 2.05) is 0 Å². The molecule has 0 aromatic heterocycles. The van der Waals surface area contributed by atoms with Crippen LogP contribution in [0.25, 0.3) is 56.2 Å². The SMILES string of the molecule is CC1(c2ccc3c(c2)-c2cccc4c2B(N(c2ccccc2)c2ccc(/C=C5/Cc6ccccc6-c6ccccc65)cc2-4)N3c2ccccc2)c2ccccc2-c2ccccc21. The molecule has 2 aliphatic heterocycles. The van der Waals surface area contributed by atoms with Crippen LogP contribution < -0.4 is 15.1 Å². The Kier molecular flexibility index (Phi) is 7.63. The fourth-order valence-corrected chi connectivity index (χ4v) is 11.4. The van der Waals surface area contributed by atoms with Crippen molar-refractivity contribution in [3.63, 3.8) is 0 Å². The molecule has 9 aromatic carbocycles. The molecule has 2 nitrogen and oxygen atoms in total. The van der Waals surface area contributed by atoms with Gasteiger partial charge in [-0.1, -0.05) is 170 Å². The van der Waals surface area contributed by atoms with Gasteiger partial charge in [0.05, 0.1) is 0 Å². The third-order valence-corrected chi connectivity index (χ3v) is 14.1. The minimum absolute atomic E-state index is 0.133. The van der Waals surface area contributed by atoms with Crippen molar-refractivity contribution in [2.24, 2.45) is 0 Å². The summed E-state index contributed by atoms with van der Waals surface area (Å²) >= 11 is 0. The summed E-state index contributed by atoms with van der Waals surface area (Å²) < 4.78 is 0. The summed E-state index contributed by atoms with van der Waals surface area (Å²) in [4.78, 5) is 5.17. The van der Waals surface area contributed by atoms with Crippen molar-refractivity contribution in [2.75, 3.05) is 9.62 Å². The lowest BCUT2D eigenvalue weighted by molar-refractivity contribution is 0.714. The van der Waals surface area contributed by atoms with Crippen molar-refractivity contribution in [3.05, 3.63) is 246 Å². The maximum atomic E-state index is 2.59. The molecule has 0 amide bonds. The maximum absolute atomic E-state index is 2.59. The third kappa shape index (κ3) is 5.00. The number of benzene rings is 9. The minimum Gasteiger partial charge on any atom is -0.361 e. The normalized spacial score (nSPS) is 15.2. The van der Waals surface area contributed by atoms with E-state index >= 15 is 0 Å². The molecule has 0 saturated heterocycles. The molecule has 3 heteroatoms. The monoisotopic (exact) mass is 788 g/mol. The first-order chi connectivity index (χ1) is 30.6. The molecule has 13 rings (SSSR count). The highest BCUT2D eigenvalue weighted by atomic mass is 15.2. The van der Waals surface area contributed by atoms with Gasteiger partial charge in [-0.2, -0.15) is 0 Å². The number of allylic oxidation sites excluding steroid dienone is 1. The Morgan fingerprint density at radius 1 is 0.419 bits per heavy atom. The number of fused-ring (bicyclic) bond motifs is 10. The van der Waals surface area contributed by atoms with E-state index in [4.69, 9.17) is 0 Å². The van der Waals surface area contributed by atoms with Crippen LogP contribution in [0.1, 0.15) is 40.3 Å². The molecule has 4 aliphatic rings. The fraction of sp³-hybridized carbons (Fsp3) is 0.0508. The number of para-hydroxylation sites is 2. The Labute approximate surface area is 363 Å². The summed E-state index contributed by atoms with van der Waals surface area (Å²) in [6.45, 7) is 2.29. The number of nitrogens with zero attached hydrogens (tertiary/aromatic N) is 2. The lowest BCUT2D eigenvalue weighted by Gasteiger charge is -2.48. The molecule has 0 spiro atoms. The second kappa shape index (κ2) is 13.4. The van der Waals surface area contributed by atoms with E-state index in [1.54, 1.807) is 0 Å². The molecule has 2 heterocycles. The van der Waals surface area contributed by atoms with Crippen molar-refractivity contribution < 1.29 is 0 Å². The van der Waals surface area contributed by atoms with E-state index in [1.165, 1.54) is 100 Å². The Morgan fingerprint density at radius 2 is 0.919 bits per heavy atom. The first-order valence-corrected chi connectivity index (χ1v) is 21.8. The number of hydrogen-bond acceptors (Lipinski definition) is 2. The van der Waals surface area contributed by atoms with E-state index in [-0.39, 0.29) is 12.4 Å². The topological polar surface area (TPSA) is 6.48 Å². The zero-order valence-corrected chi connectivity index (χ0v) is 34.5. The molecule has 0 N–H and O–H groups in total. The van der Waals surface area contributed by atoms with Gasteiger partial charge in [0.15, 0.2) is 0 Å². The molecule has 0 unspecified atom stereocenters. The Balaban J connectivity index is 1.05. The molecule has 62 heavy (non-hydrogen) atoms. The van der Waals surface area contributed by atoms with E-state index in [0.717, 1.165) is 17.8 Å². The van der Waals surface area contributed by atoms with Crippen LogP contribution in [-0.2, 0) is 11.8 Å². The number of anilines is 4. The van der Waals surface area contributed by atoms with Crippen LogP contribution in [0.2, 0.25) is 0 Å². The van der Waals surface area contributed by atoms with Gasteiger partial charge in [-0.3, -0.25) is 0 Å². The molecule has 290 valence electrons. The van der Waals surface area contributed by atoms with Crippen molar-refractivity contribution >= 4 is 46.8 Å². The van der Waals surface area contributed by atoms with Crippen LogP contribution in [0.4, 0.5) is 22.7 Å². The van der Waals surface area contributed by atoms with Crippen LogP contribution in [0, 0.1) is 0 Å². The Bertz CT molecular complexity index is 3270. The van der Waals surface area contributed by atoms with Crippen LogP contribution in [-0.4, -0.2) is 6.98 Å². The molecule has 0 saturated carbocycles. The van der Waals surface area contributed by atoms with Crippen LogP contribution in [0.5, 0.6) is 0 Å². The first-order valence-electron chi connectivity index (χ1n) is 21.8. The highest BCUT2D eigenvalue weighted by molar-refractivity contribution is 6.86. The van der Waals surface area contributed by atoms with Gasteiger partial charge in [0.1, 0.15) is 0 Å². The zero-order valence-electron chi connectivity index (χ0n) is 34.5. The average Bonchev–Trinajstić information content (AvgIpc) is 3.60. The van der Waals surface area contributed by atoms with Crippen LogP contribution in [0.15, 0.2) is 212 Å². The van der Waals surface area contributed by atoms with Crippen molar-refractivity contribution in [2.45, 2.75) is 18.8 Å². The minimum atomic E-state index is -0.311. The van der Waals surface area contributed by atoms with Gasteiger partial charge in [-0.25, -0.2) is 0 Å². The van der Waals surface area contributed by atoms with E-state index < -0.39 is 0 Å². The summed E-state index contributed by atoms with van der Waals surface area (Å²) in [7, 11) is 0. The van der Waals surface area contributed by atoms with Gasteiger partial charge in [0.25, 0.3) is 0 Å². The summed E-state index contributed by atoms with van der Waals surface area (Å²) in [6.07, 6.45) is 3.33. The molecule has 0 bridgehead atoms. The lowest BCUT2D eigenvalue weighted by atomic mass is 9.53. The largest absolute Gasteiger partial charge is 0.421 e. The van der Waals surface area contributed by atoms with Crippen molar-refractivity contribution in [1.29, 1.82) is 0 Å². The predicted molar refractivity (Wildman–Crippen MR) is 261 cm³/mol. The Hall–Kier alpha value is -7.62. The van der Waals surface area contributed by atoms with Gasteiger partial charge in [-0.05, 0) is 140 Å². The smallest absolute Gasteiger partial charge is 0.361 e. The number of rotatable bonds is 4. The second-order valence-electron chi connectivity index (χ2n) is 17.3. The van der Waals surface area contributed by atoms with Gasteiger partial charge >= 0.3 is 6.98 Å². The highest BCUT2D eigenvalue weighted by Crippen LogP contribution is 2.55. The van der Waals surface area contributed by atoms with Crippen LogP contribution >= 0.6 is 0 Å². The fourth-order valence-electron chi connectivity index (χ4n) is 11.4. The van der Waals surface area contributed by atoms with E-state index in [9.17, 15) is 0 Å². The molecule has 9 aromatic rings. The highest BCUT2D eigenvalue weighted by Gasteiger charge is 2.48. The summed E-state index contributed by atoms with van der Waals surface area (Å²) in [5.74, 6) is 0. The molecular formula is C59H41BN2.